The van der Waals surface area contributed by atoms with Gasteiger partial charge in [0.2, 0.25) is 5.89 Å². The Bertz CT molecular complexity index is 1130. The molecule has 4 aromatic rings. The zero-order valence-electron chi connectivity index (χ0n) is 16.5. The maximum atomic E-state index is 13.2. The van der Waals surface area contributed by atoms with Crippen molar-refractivity contribution in [3.63, 3.8) is 0 Å². The third kappa shape index (κ3) is 4.43. The largest absolute Gasteiger partial charge is 0.508 e. The predicted molar refractivity (Wildman–Crippen MR) is 113 cm³/mol. The minimum absolute atomic E-state index is 0.227. The Kier molecular flexibility index (Phi) is 5.66. The minimum Gasteiger partial charge on any atom is -0.508 e. The number of oxazole rings is 1. The van der Waals surface area contributed by atoms with Crippen LogP contribution in [0.3, 0.4) is 0 Å². The molecule has 0 amide bonds. The summed E-state index contributed by atoms with van der Waals surface area (Å²) in [4.78, 5) is 6.43. The summed E-state index contributed by atoms with van der Waals surface area (Å²) in [5, 5.41) is 10.2. The molecule has 1 N–H and O–H groups in total. The van der Waals surface area contributed by atoms with Gasteiger partial charge in [-0.05, 0) is 42.5 Å². The third-order valence-corrected chi connectivity index (χ3v) is 4.78. The molecule has 3 aromatic carbocycles. The van der Waals surface area contributed by atoms with Crippen LogP contribution < -0.4 is 9.64 Å². The van der Waals surface area contributed by atoms with Crippen LogP contribution in [0.1, 0.15) is 11.5 Å². The van der Waals surface area contributed by atoms with Crippen molar-refractivity contribution in [1.29, 1.82) is 0 Å². The Morgan fingerprint density at radius 1 is 1.00 bits per heavy atom. The highest BCUT2D eigenvalue weighted by Gasteiger charge is 2.15. The first-order valence-corrected chi connectivity index (χ1v) is 9.49. The van der Waals surface area contributed by atoms with E-state index in [0.717, 1.165) is 22.6 Å². The summed E-state index contributed by atoms with van der Waals surface area (Å²) >= 11 is 0. The zero-order valence-corrected chi connectivity index (χ0v) is 16.5. The van der Waals surface area contributed by atoms with Crippen molar-refractivity contribution in [2.75, 3.05) is 12.0 Å². The molecule has 0 fully saturated rings. The standard InChI is InChI=1S/C24H21FN2O3/c1-29-21-7-4-6-20(13-21)27(15-18-5-2-3-8-22(18)28)16-24-26-14-23(30-24)17-9-11-19(25)12-10-17/h2-14,28H,15-16H2,1H3. The Hall–Kier alpha value is -3.80. The van der Waals surface area contributed by atoms with Gasteiger partial charge in [-0.3, -0.25) is 0 Å². The summed E-state index contributed by atoms with van der Waals surface area (Å²) in [7, 11) is 1.62. The minimum atomic E-state index is -0.301. The van der Waals surface area contributed by atoms with Gasteiger partial charge in [0.25, 0.3) is 0 Å². The van der Waals surface area contributed by atoms with E-state index in [1.807, 2.05) is 41.3 Å². The van der Waals surface area contributed by atoms with Crippen LogP contribution in [0.2, 0.25) is 0 Å². The van der Waals surface area contributed by atoms with Crippen LogP contribution in [0, 0.1) is 5.82 Å². The molecule has 1 aromatic heterocycles. The lowest BCUT2D eigenvalue weighted by atomic mass is 10.1. The molecule has 0 saturated carbocycles. The highest BCUT2D eigenvalue weighted by Crippen LogP contribution is 2.28. The van der Waals surface area contributed by atoms with Gasteiger partial charge in [0, 0.05) is 29.4 Å². The smallest absolute Gasteiger partial charge is 0.214 e. The molecule has 4 rings (SSSR count). The molecule has 0 radical (unpaired) electrons. The number of aromatic nitrogens is 1. The SMILES string of the molecule is COc1cccc(N(Cc2ncc(-c3ccc(F)cc3)o2)Cc2ccccc2O)c1. The number of hydrogen-bond donors (Lipinski definition) is 1. The van der Waals surface area contributed by atoms with Crippen LogP contribution in [0.25, 0.3) is 11.3 Å². The second-order valence-corrected chi connectivity index (χ2v) is 6.81. The maximum absolute atomic E-state index is 13.2. The number of anilines is 1. The van der Waals surface area contributed by atoms with Crippen molar-refractivity contribution in [3.8, 4) is 22.8 Å². The molecule has 1 heterocycles. The number of phenols is 1. The molecule has 0 aliphatic rings. The van der Waals surface area contributed by atoms with Crippen LogP contribution in [0.15, 0.2) is 83.4 Å². The zero-order chi connectivity index (χ0) is 20.9. The van der Waals surface area contributed by atoms with Crippen molar-refractivity contribution >= 4 is 5.69 Å². The van der Waals surface area contributed by atoms with Crippen LogP contribution in [0.5, 0.6) is 11.5 Å². The van der Waals surface area contributed by atoms with E-state index in [2.05, 4.69) is 4.98 Å². The van der Waals surface area contributed by atoms with E-state index >= 15 is 0 Å². The van der Waals surface area contributed by atoms with Gasteiger partial charge < -0.3 is 19.2 Å². The fourth-order valence-electron chi connectivity index (χ4n) is 3.19. The number of hydrogen-bond acceptors (Lipinski definition) is 5. The molecule has 0 unspecified atom stereocenters. The number of methoxy groups -OCH3 is 1. The van der Waals surface area contributed by atoms with E-state index in [1.165, 1.54) is 12.1 Å². The topological polar surface area (TPSA) is 58.7 Å². The molecule has 5 nitrogen and oxygen atoms in total. The van der Waals surface area contributed by atoms with Gasteiger partial charge >= 0.3 is 0 Å². The monoisotopic (exact) mass is 404 g/mol. The molecule has 152 valence electrons. The molecule has 0 bridgehead atoms. The Morgan fingerprint density at radius 2 is 1.80 bits per heavy atom. The summed E-state index contributed by atoms with van der Waals surface area (Å²) in [5.74, 6) is 1.73. The van der Waals surface area contributed by atoms with Crippen molar-refractivity contribution in [2.24, 2.45) is 0 Å². The van der Waals surface area contributed by atoms with Crippen LogP contribution >= 0.6 is 0 Å². The van der Waals surface area contributed by atoms with Gasteiger partial charge in [0.15, 0.2) is 5.76 Å². The molecular formula is C24H21FN2O3. The van der Waals surface area contributed by atoms with Crippen LogP contribution in [-0.2, 0) is 13.1 Å². The molecule has 0 saturated heterocycles. The Labute approximate surface area is 174 Å². The number of halogens is 1. The fraction of sp³-hybridized carbons (Fsp3) is 0.125. The number of aromatic hydroxyl groups is 1. The maximum Gasteiger partial charge on any atom is 0.214 e. The molecular weight excluding hydrogens is 383 g/mol. The lowest BCUT2D eigenvalue weighted by Crippen LogP contribution is -2.22. The van der Waals surface area contributed by atoms with Crippen molar-refractivity contribution in [1.82, 2.24) is 4.98 Å². The second kappa shape index (κ2) is 8.69. The number of nitrogens with zero attached hydrogens (tertiary/aromatic N) is 2. The summed E-state index contributed by atoms with van der Waals surface area (Å²) in [6.07, 6.45) is 1.63. The first-order chi connectivity index (χ1) is 14.6. The lowest BCUT2D eigenvalue weighted by molar-refractivity contribution is 0.414. The van der Waals surface area contributed by atoms with Crippen LogP contribution in [0.4, 0.5) is 10.1 Å². The summed E-state index contributed by atoms with van der Waals surface area (Å²) < 4.78 is 24.5. The van der Waals surface area contributed by atoms with E-state index in [9.17, 15) is 9.50 Å². The predicted octanol–water partition coefficient (Wildman–Crippen LogP) is 5.40. The van der Waals surface area contributed by atoms with E-state index < -0.39 is 0 Å². The number of para-hydroxylation sites is 1. The van der Waals surface area contributed by atoms with E-state index in [4.69, 9.17) is 9.15 Å². The highest BCUT2D eigenvalue weighted by molar-refractivity contribution is 5.56. The van der Waals surface area contributed by atoms with Gasteiger partial charge in [0.1, 0.15) is 17.3 Å². The first-order valence-electron chi connectivity index (χ1n) is 9.49. The van der Waals surface area contributed by atoms with E-state index in [-0.39, 0.29) is 11.6 Å². The quantitative estimate of drug-likeness (QED) is 0.447. The van der Waals surface area contributed by atoms with Crippen molar-refractivity contribution in [2.45, 2.75) is 13.1 Å². The fourth-order valence-corrected chi connectivity index (χ4v) is 3.19. The number of ether oxygens (including phenoxy) is 1. The Balaban J connectivity index is 1.62. The average Bonchev–Trinajstić information content (AvgIpc) is 3.24. The van der Waals surface area contributed by atoms with Gasteiger partial charge in [-0.25, -0.2) is 9.37 Å². The molecule has 0 spiro atoms. The van der Waals surface area contributed by atoms with Gasteiger partial charge in [-0.2, -0.15) is 0 Å². The summed E-state index contributed by atoms with van der Waals surface area (Å²) in [5.41, 5.74) is 2.44. The Morgan fingerprint density at radius 3 is 2.57 bits per heavy atom. The number of benzene rings is 3. The molecule has 0 aliphatic heterocycles. The van der Waals surface area contributed by atoms with Crippen molar-refractivity contribution < 1.29 is 18.7 Å². The van der Waals surface area contributed by atoms with Gasteiger partial charge in [-0.1, -0.05) is 24.3 Å². The lowest BCUT2D eigenvalue weighted by Gasteiger charge is -2.24. The third-order valence-electron chi connectivity index (χ3n) is 4.78. The average molecular weight is 404 g/mol. The summed E-state index contributed by atoms with van der Waals surface area (Å²) in [6.45, 7) is 0.830. The first kappa shape index (κ1) is 19.5. The van der Waals surface area contributed by atoms with Gasteiger partial charge in [-0.15, -0.1) is 0 Å². The van der Waals surface area contributed by atoms with E-state index in [0.29, 0.717) is 24.7 Å². The molecule has 6 heteroatoms. The molecule has 0 aliphatic carbocycles. The number of phenolic OH excluding ortho intramolecular Hbond substituents is 1. The number of rotatable bonds is 7. The van der Waals surface area contributed by atoms with Crippen molar-refractivity contribution in [3.05, 3.63) is 96.3 Å². The second-order valence-electron chi connectivity index (χ2n) is 6.81. The van der Waals surface area contributed by atoms with Gasteiger partial charge in [0.05, 0.1) is 19.9 Å². The van der Waals surface area contributed by atoms with E-state index in [1.54, 1.807) is 37.6 Å². The molecule has 0 atom stereocenters. The normalized spacial score (nSPS) is 10.7. The summed E-state index contributed by atoms with van der Waals surface area (Å²) in [6, 6.07) is 21.0. The van der Waals surface area contributed by atoms with Crippen LogP contribution in [-0.4, -0.2) is 17.2 Å². The highest BCUT2D eigenvalue weighted by atomic mass is 19.1. The molecule has 30 heavy (non-hydrogen) atoms.